The molecule has 30 heavy (non-hydrogen) atoms. The van der Waals surface area contributed by atoms with Gasteiger partial charge in [-0.2, -0.15) is 0 Å². The van der Waals surface area contributed by atoms with Gasteiger partial charge in [-0.05, 0) is 52.0 Å². The maximum absolute atomic E-state index is 13.9. The predicted octanol–water partition coefficient (Wildman–Crippen LogP) is 5.08. The summed E-state index contributed by atoms with van der Waals surface area (Å²) in [5, 5.41) is 0.190. The number of ether oxygens (including phenoxy) is 1. The molecule has 2 aromatic carbocycles. The lowest BCUT2D eigenvalue weighted by molar-refractivity contribution is 0.0579. The molecule has 158 valence electrons. The van der Waals surface area contributed by atoms with Crippen LogP contribution in [0, 0.1) is 11.6 Å². The third-order valence-corrected chi connectivity index (χ3v) is 4.42. The Hall–Kier alpha value is -3.00. The van der Waals surface area contributed by atoms with Crippen molar-refractivity contribution in [3.05, 3.63) is 63.4 Å². The second-order valence-electron chi connectivity index (χ2n) is 7.54. The zero-order chi connectivity index (χ0) is 22.2. The van der Waals surface area contributed by atoms with Crippen molar-refractivity contribution in [2.45, 2.75) is 33.3 Å². The van der Waals surface area contributed by atoms with Gasteiger partial charge in [-0.25, -0.2) is 28.0 Å². The lowest BCUT2D eigenvalue weighted by Crippen LogP contribution is -2.40. The number of hydrogen-bond donors (Lipinski definition) is 0. The number of hydrogen-bond acceptors (Lipinski definition) is 4. The largest absolute Gasteiger partial charge is 0.443 e. The van der Waals surface area contributed by atoms with Gasteiger partial charge >= 0.3 is 6.09 Å². The van der Waals surface area contributed by atoms with E-state index in [9.17, 15) is 18.4 Å². The van der Waals surface area contributed by atoms with Crippen LogP contribution in [0.2, 0.25) is 5.02 Å². The zero-order valence-corrected chi connectivity index (χ0v) is 17.6. The van der Waals surface area contributed by atoms with Crippen LogP contribution < -0.4 is 10.5 Å². The zero-order valence-electron chi connectivity index (χ0n) is 16.9. The summed E-state index contributed by atoms with van der Waals surface area (Å²) in [6.45, 7) is 6.84. The van der Waals surface area contributed by atoms with Crippen LogP contribution in [-0.2, 0) is 4.74 Å². The summed E-state index contributed by atoms with van der Waals surface area (Å²) >= 11 is 6.19. The Kier molecular flexibility index (Phi) is 5.81. The number of amides is 1. The average Bonchev–Trinajstić information content (AvgIpc) is 2.59. The van der Waals surface area contributed by atoms with Gasteiger partial charge < -0.3 is 4.74 Å². The summed E-state index contributed by atoms with van der Waals surface area (Å²) in [6.07, 6.45) is -0.760. The van der Waals surface area contributed by atoms with Crippen LogP contribution in [0.4, 0.5) is 19.5 Å². The highest BCUT2D eigenvalue weighted by Crippen LogP contribution is 2.25. The molecule has 1 amide bonds. The van der Waals surface area contributed by atoms with Crippen molar-refractivity contribution in [3.63, 3.8) is 0 Å². The van der Waals surface area contributed by atoms with Gasteiger partial charge in [-0.15, -0.1) is 0 Å². The average molecular weight is 436 g/mol. The van der Waals surface area contributed by atoms with Crippen molar-refractivity contribution in [2.24, 2.45) is 0 Å². The molecule has 0 fully saturated rings. The second-order valence-corrected chi connectivity index (χ2v) is 7.95. The van der Waals surface area contributed by atoms with Crippen molar-refractivity contribution in [3.8, 4) is 5.69 Å². The van der Waals surface area contributed by atoms with E-state index in [1.807, 2.05) is 0 Å². The highest BCUT2D eigenvalue weighted by molar-refractivity contribution is 6.35. The monoisotopic (exact) mass is 435 g/mol. The molecule has 0 N–H and O–H groups in total. The summed E-state index contributed by atoms with van der Waals surface area (Å²) in [5.41, 5.74) is -1.38. The minimum atomic E-state index is -0.887. The first-order valence-electron chi connectivity index (χ1n) is 9.20. The number of halogens is 3. The minimum Gasteiger partial charge on any atom is -0.443 e. The molecule has 0 bridgehead atoms. The standard InChI is InChI=1S/C21H20ClF2N3O3/c1-5-26(20(29)30-21(2,3)4)19-25-16-8-6-7-15(22)17(16)18(28)27(19)14-10-12(23)9-13(24)11-14/h6-11H,5H2,1-4H3. The van der Waals surface area contributed by atoms with Crippen LogP contribution in [0.15, 0.2) is 41.2 Å². The Balaban J connectivity index is 2.37. The van der Waals surface area contributed by atoms with Crippen molar-refractivity contribution < 1.29 is 18.3 Å². The molecule has 0 aliphatic rings. The molecule has 0 saturated heterocycles. The number of carbonyl (C=O) groups is 1. The summed E-state index contributed by atoms with van der Waals surface area (Å²) in [7, 11) is 0. The SMILES string of the molecule is CCN(C(=O)OC(C)(C)C)c1nc2cccc(Cl)c2c(=O)n1-c1cc(F)cc(F)c1. The van der Waals surface area contributed by atoms with Crippen molar-refractivity contribution >= 4 is 34.5 Å². The Morgan fingerprint density at radius 3 is 2.40 bits per heavy atom. The van der Waals surface area contributed by atoms with Gasteiger partial charge in [0, 0.05) is 12.6 Å². The van der Waals surface area contributed by atoms with E-state index in [4.69, 9.17) is 16.3 Å². The molecule has 9 heteroatoms. The Labute approximate surface area is 176 Å². The predicted molar refractivity (Wildman–Crippen MR) is 112 cm³/mol. The smallest absolute Gasteiger partial charge is 0.417 e. The van der Waals surface area contributed by atoms with Crippen LogP contribution in [0.25, 0.3) is 16.6 Å². The molecule has 0 atom stereocenters. The van der Waals surface area contributed by atoms with E-state index in [1.54, 1.807) is 39.8 Å². The van der Waals surface area contributed by atoms with Crippen molar-refractivity contribution in [2.75, 3.05) is 11.4 Å². The van der Waals surface area contributed by atoms with Gasteiger partial charge in [0.2, 0.25) is 5.95 Å². The molecular weight excluding hydrogens is 416 g/mol. The highest BCUT2D eigenvalue weighted by Gasteiger charge is 2.27. The van der Waals surface area contributed by atoms with Crippen LogP contribution >= 0.6 is 11.6 Å². The molecule has 3 aromatic rings. The van der Waals surface area contributed by atoms with E-state index in [1.165, 1.54) is 6.07 Å². The second kappa shape index (κ2) is 8.02. The van der Waals surface area contributed by atoms with Crippen LogP contribution in [0.1, 0.15) is 27.7 Å². The van der Waals surface area contributed by atoms with Gasteiger partial charge in [-0.3, -0.25) is 4.79 Å². The van der Waals surface area contributed by atoms with E-state index >= 15 is 0 Å². The maximum Gasteiger partial charge on any atom is 0.417 e. The van der Waals surface area contributed by atoms with E-state index < -0.39 is 28.9 Å². The lowest BCUT2D eigenvalue weighted by atomic mass is 10.2. The summed E-state index contributed by atoms with van der Waals surface area (Å²) in [5.74, 6) is -1.92. The molecule has 0 aliphatic heterocycles. The number of rotatable bonds is 3. The molecular formula is C21H20ClF2N3O3. The topological polar surface area (TPSA) is 64.4 Å². The summed E-state index contributed by atoms with van der Waals surface area (Å²) in [6, 6.07) is 7.31. The third-order valence-electron chi connectivity index (χ3n) is 4.11. The quantitative estimate of drug-likeness (QED) is 0.575. The molecule has 0 saturated carbocycles. The lowest BCUT2D eigenvalue weighted by Gasteiger charge is -2.27. The summed E-state index contributed by atoms with van der Waals surface area (Å²) in [4.78, 5) is 31.7. The van der Waals surface area contributed by atoms with Crippen molar-refractivity contribution in [1.29, 1.82) is 0 Å². The molecule has 0 spiro atoms. The van der Waals surface area contributed by atoms with E-state index in [0.29, 0.717) is 6.07 Å². The van der Waals surface area contributed by atoms with Crippen LogP contribution in [0.3, 0.4) is 0 Å². The fourth-order valence-electron chi connectivity index (χ4n) is 2.93. The first kappa shape index (κ1) is 21.7. The van der Waals surface area contributed by atoms with Gasteiger partial charge in [0.05, 0.1) is 21.6 Å². The fraction of sp³-hybridized carbons (Fsp3) is 0.286. The number of nitrogens with zero attached hydrogens (tertiary/aromatic N) is 3. The van der Waals surface area contributed by atoms with E-state index in [-0.39, 0.29) is 34.1 Å². The summed E-state index contributed by atoms with van der Waals surface area (Å²) < 4.78 is 34.2. The minimum absolute atomic E-state index is 0.0628. The van der Waals surface area contributed by atoms with Gasteiger partial charge in [0.15, 0.2) is 0 Å². The number of aromatic nitrogens is 2. The van der Waals surface area contributed by atoms with Gasteiger partial charge in [-0.1, -0.05) is 17.7 Å². The number of benzene rings is 2. The highest BCUT2D eigenvalue weighted by atomic mass is 35.5. The molecule has 0 radical (unpaired) electrons. The van der Waals surface area contributed by atoms with E-state index in [0.717, 1.165) is 21.6 Å². The number of anilines is 1. The first-order chi connectivity index (χ1) is 14.0. The molecule has 0 aliphatic carbocycles. The molecule has 6 nitrogen and oxygen atoms in total. The van der Waals surface area contributed by atoms with Gasteiger partial charge in [0.25, 0.3) is 5.56 Å². The molecule has 0 unspecified atom stereocenters. The Morgan fingerprint density at radius 1 is 1.20 bits per heavy atom. The maximum atomic E-state index is 13.9. The number of carbonyl (C=O) groups excluding carboxylic acids is 1. The molecule has 1 aromatic heterocycles. The van der Waals surface area contributed by atoms with Crippen molar-refractivity contribution in [1.82, 2.24) is 9.55 Å². The van der Waals surface area contributed by atoms with Crippen LogP contribution in [0.5, 0.6) is 0 Å². The Morgan fingerprint density at radius 2 is 1.83 bits per heavy atom. The van der Waals surface area contributed by atoms with Crippen LogP contribution in [-0.4, -0.2) is 27.8 Å². The first-order valence-corrected chi connectivity index (χ1v) is 9.58. The van der Waals surface area contributed by atoms with E-state index in [2.05, 4.69) is 4.98 Å². The molecule has 3 rings (SSSR count). The van der Waals surface area contributed by atoms with Gasteiger partial charge in [0.1, 0.15) is 17.2 Å². The molecule has 1 heterocycles. The normalized spacial score (nSPS) is 11.6. The fourth-order valence-corrected chi connectivity index (χ4v) is 3.18. The third kappa shape index (κ3) is 4.28. The Bertz CT molecular complexity index is 1170. The number of fused-ring (bicyclic) bond motifs is 1.